The van der Waals surface area contributed by atoms with Crippen LogP contribution in [0, 0.1) is 0 Å². The molecule has 0 aliphatic heterocycles. The van der Waals surface area contributed by atoms with Crippen molar-refractivity contribution in [3.8, 4) is 5.75 Å². The zero-order chi connectivity index (χ0) is 12.7. The fourth-order valence-electron chi connectivity index (χ4n) is 1.41. The van der Waals surface area contributed by atoms with Crippen molar-refractivity contribution in [1.29, 1.82) is 0 Å². The van der Waals surface area contributed by atoms with Gasteiger partial charge in [0.25, 0.3) is 0 Å². The number of benzene rings is 1. The number of ether oxygens (including phenoxy) is 3. The number of hydrogen-bond donors (Lipinski definition) is 2. The molecule has 0 spiro atoms. The third kappa shape index (κ3) is 4.36. The van der Waals surface area contributed by atoms with E-state index in [2.05, 4.69) is 0 Å². The number of methoxy groups -OCH3 is 2. The normalized spacial score (nSPS) is 10.4. The Morgan fingerprint density at radius 2 is 1.94 bits per heavy atom. The molecule has 5 nitrogen and oxygen atoms in total. The summed E-state index contributed by atoms with van der Waals surface area (Å²) in [6.45, 7) is 1.24. The Labute approximate surface area is 101 Å². The predicted octanol–water partition coefficient (Wildman–Crippen LogP) is -0.462. The molecule has 0 heterocycles. The van der Waals surface area contributed by atoms with Gasteiger partial charge >= 0.3 is 7.12 Å². The van der Waals surface area contributed by atoms with Crippen molar-refractivity contribution in [2.24, 2.45) is 0 Å². The van der Waals surface area contributed by atoms with Crippen LogP contribution in [0.1, 0.15) is 5.56 Å². The van der Waals surface area contributed by atoms with Crippen LogP contribution in [0.15, 0.2) is 18.2 Å². The molecule has 0 aliphatic rings. The second-order valence-corrected chi connectivity index (χ2v) is 3.48. The van der Waals surface area contributed by atoms with Crippen LogP contribution in [-0.4, -0.2) is 44.6 Å². The zero-order valence-corrected chi connectivity index (χ0v) is 10.0. The lowest BCUT2D eigenvalue weighted by atomic mass is 9.77. The molecule has 0 saturated carbocycles. The first-order valence-electron chi connectivity index (χ1n) is 5.28. The zero-order valence-electron chi connectivity index (χ0n) is 10.0. The van der Waals surface area contributed by atoms with E-state index in [9.17, 15) is 10.0 Å². The largest absolute Gasteiger partial charge is 0.497 e. The minimum atomic E-state index is -1.51. The van der Waals surface area contributed by atoms with Gasteiger partial charge in [-0.05, 0) is 23.2 Å². The van der Waals surface area contributed by atoms with Crippen molar-refractivity contribution in [3.63, 3.8) is 0 Å². The summed E-state index contributed by atoms with van der Waals surface area (Å²) in [5, 5.41) is 18.4. The molecule has 1 aromatic carbocycles. The Kier molecular flexibility index (Phi) is 6.00. The Bertz CT molecular complexity index is 343. The van der Waals surface area contributed by atoms with E-state index < -0.39 is 7.12 Å². The molecule has 0 saturated heterocycles. The van der Waals surface area contributed by atoms with Crippen LogP contribution in [0.3, 0.4) is 0 Å². The lowest BCUT2D eigenvalue weighted by Crippen LogP contribution is -2.33. The summed E-state index contributed by atoms with van der Waals surface area (Å²) in [5.74, 6) is 0.653. The van der Waals surface area contributed by atoms with Gasteiger partial charge in [-0.3, -0.25) is 0 Å². The van der Waals surface area contributed by atoms with Gasteiger partial charge in [0.15, 0.2) is 0 Å². The molecule has 0 amide bonds. The summed E-state index contributed by atoms with van der Waals surface area (Å²) in [6, 6.07) is 5.01. The van der Waals surface area contributed by atoms with Crippen LogP contribution in [0.2, 0.25) is 0 Å². The van der Waals surface area contributed by atoms with Crippen LogP contribution in [0.25, 0.3) is 0 Å². The van der Waals surface area contributed by atoms with Crippen LogP contribution in [0.5, 0.6) is 5.75 Å². The average molecular weight is 240 g/mol. The highest BCUT2D eigenvalue weighted by Crippen LogP contribution is 2.12. The second-order valence-electron chi connectivity index (χ2n) is 3.48. The molecule has 94 valence electrons. The standard InChI is InChI=1S/C11H17BO5/c1-15-5-6-17-8-9-7-10(16-2)3-4-11(9)12(13)14/h3-4,7,13-14H,5-6,8H2,1-2H3. The average Bonchev–Trinajstić information content (AvgIpc) is 2.34. The minimum Gasteiger partial charge on any atom is -0.497 e. The molecule has 0 fully saturated rings. The summed E-state index contributed by atoms with van der Waals surface area (Å²) < 4.78 is 15.3. The van der Waals surface area contributed by atoms with E-state index >= 15 is 0 Å². The quantitative estimate of drug-likeness (QED) is 0.498. The van der Waals surface area contributed by atoms with Crippen molar-refractivity contribution in [3.05, 3.63) is 23.8 Å². The van der Waals surface area contributed by atoms with Gasteiger partial charge in [-0.25, -0.2) is 0 Å². The van der Waals surface area contributed by atoms with E-state index in [0.29, 0.717) is 30.0 Å². The summed E-state index contributed by atoms with van der Waals surface area (Å²) in [6.07, 6.45) is 0. The summed E-state index contributed by atoms with van der Waals surface area (Å²) in [4.78, 5) is 0. The third-order valence-corrected chi connectivity index (χ3v) is 2.32. The van der Waals surface area contributed by atoms with Gasteiger partial charge in [0.1, 0.15) is 5.75 Å². The van der Waals surface area contributed by atoms with E-state index in [4.69, 9.17) is 14.2 Å². The van der Waals surface area contributed by atoms with E-state index in [-0.39, 0.29) is 6.61 Å². The molecular weight excluding hydrogens is 223 g/mol. The van der Waals surface area contributed by atoms with Crippen LogP contribution < -0.4 is 10.2 Å². The fourth-order valence-corrected chi connectivity index (χ4v) is 1.41. The van der Waals surface area contributed by atoms with Crippen molar-refractivity contribution in [1.82, 2.24) is 0 Å². The lowest BCUT2D eigenvalue weighted by molar-refractivity contribution is 0.0618. The molecule has 1 aromatic rings. The predicted molar refractivity (Wildman–Crippen MR) is 64.4 cm³/mol. The highest BCUT2D eigenvalue weighted by molar-refractivity contribution is 6.59. The fraction of sp³-hybridized carbons (Fsp3) is 0.455. The van der Waals surface area contributed by atoms with Gasteiger partial charge in [0.05, 0.1) is 26.9 Å². The first kappa shape index (κ1) is 14.0. The molecule has 2 N–H and O–H groups in total. The Hall–Kier alpha value is -1.08. The SMILES string of the molecule is COCCOCc1cc(OC)ccc1B(O)O. The first-order valence-corrected chi connectivity index (χ1v) is 5.28. The number of rotatable bonds is 7. The smallest absolute Gasteiger partial charge is 0.488 e. The highest BCUT2D eigenvalue weighted by Gasteiger charge is 2.16. The van der Waals surface area contributed by atoms with Crippen molar-refractivity contribution >= 4 is 12.6 Å². The van der Waals surface area contributed by atoms with Crippen molar-refractivity contribution in [2.75, 3.05) is 27.4 Å². The Morgan fingerprint density at radius 3 is 2.53 bits per heavy atom. The van der Waals surface area contributed by atoms with Crippen molar-refractivity contribution in [2.45, 2.75) is 6.61 Å². The maximum absolute atomic E-state index is 9.21. The maximum atomic E-state index is 9.21. The molecule has 0 bridgehead atoms. The monoisotopic (exact) mass is 240 g/mol. The Morgan fingerprint density at radius 1 is 1.18 bits per heavy atom. The summed E-state index contributed by atoms with van der Waals surface area (Å²) in [7, 11) is 1.64. The van der Waals surface area contributed by atoms with E-state index in [0.717, 1.165) is 0 Å². The van der Waals surface area contributed by atoms with E-state index in [1.807, 2.05) is 0 Å². The molecule has 0 unspecified atom stereocenters. The third-order valence-electron chi connectivity index (χ3n) is 2.32. The van der Waals surface area contributed by atoms with Gasteiger partial charge in [0.2, 0.25) is 0 Å². The molecule has 17 heavy (non-hydrogen) atoms. The lowest BCUT2D eigenvalue weighted by Gasteiger charge is -2.11. The number of hydrogen-bond acceptors (Lipinski definition) is 5. The van der Waals surface area contributed by atoms with Gasteiger partial charge in [-0.1, -0.05) is 6.07 Å². The molecule has 0 radical (unpaired) electrons. The second kappa shape index (κ2) is 7.29. The molecule has 0 aromatic heterocycles. The molecule has 6 heteroatoms. The van der Waals surface area contributed by atoms with Gasteiger partial charge in [-0.15, -0.1) is 0 Å². The summed E-state index contributed by atoms with van der Waals surface area (Å²) in [5.41, 5.74) is 1.11. The van der Waals surface area contributed by atoms with E-state index in [1.54, 1.807) is 32.4 Å². The van der Waals surface area contributed by atoms with Crippen LogP contribution in [0.4, 0.5) is 0 Å². The van der Waals surface area contributed by atoms with E-state index in [1.165, 1.54) is 0 Å². The highest BCUT2D eigenvalue weighted by atomic mass is 16.5. The topological polar surface area (TPSA) is 68.2 Å². The van der Waals surface area contributed by atoms with Gasteiger partial charge in [0, 0.05) is 7.11 Å². The van der Waals surface area contributed by atoms with Crippen LogP contribution in [-0.2, 0) is 16.1 Å². The van der Waals surface area contributed by atoms with Crippen molar-refractivity contribution < 1.29 is 24.3 Å². The molecule has 1 rings (SSSR count). The van der Waals surface area contributed by atoms with Gasteiger partial charge < -0.3 is 24.3 Å². The van der Waals surface area contributed by atoms with Crippen LogP contribution >= 0.6 is 0 Å². The molecule has 0 atom stereocenters. The first-order chi connectivity index (χ1) is 8.19. The van der Waals surface area contributed by atoms with Gasteiger partial charge in [-0.2, -0.15) is 0 Å². The minimum absolute atomic E-state index is 0.285. The molecule has 0 aliphatic carbocycles. The Balaban J connectivity index is 2.71. The summed E-state index contributed by atoms with van der Waals surface area (Å²) >= 11 is 0. The molecular formula is C11H17BO5. The maximum Gasteiger partial charge on any atom is 0.488 e.